The second-order valence-electron chi connectivity index (χ2n) is 6.66. The van der Waals surface area contributed by atoms with Gasteiger partial charge in [-0.05, 0) is 49.2 Å². The second kappa shape index (κ2) is 8.30. The molecule has 1 heterocycles. The van der Waals surface area contributed by atoms with Crippen molar-refractivity contribution < 1.29 is 4.79 Å². The van der Waals surface area contributed by atoms with Gasteiger partial charge in [0.2, 0.25) is 5.91 Å². The molecule has 0 bridgehead atoms. The number of anilines is 2. The van der Waals surface area contributed by atoms with E-state index in [1.54, 1.807) is 18.2 Å². The van der Waals surface area contributed by atoms with Crippen LogP contribution in [0.25, 0.3) is 0 Å². The first-order valence-electron chi connectivity index (χ1n) is 8.72. The van der Waals surface area contributed by atoms with Crippen LogP contribution in [0.15, 0.2) is 36.4 Å². The molecule has 0 aliphatic carbocycles. The van der Waals surface area contributed by atoms with Crippen LogP contribution in [0.1, 0.15) is 11.1 Å². The SMILES string of the molecule is Cc1cccc(N2CCN(CC(=O)Nc3ccc(Cl)c(Cl)c3)CC2)c1C. The summed E-state index contributed by atoms with van der Waals surface area (Å²) in [5.74, 6) is -0.0384. The summed E-state index contributed by atoms with van der Waals surface area (Å²) in [4.78, 5) is 16.9. The van der Waals surface area contributed by atoms with E-state index < -0.39 is 0 Å². The van der Waals surface area contributed by atoms with Crippen LogP contribution in [0.5, 0.6) is 0 Å². The topological polar surface area (TPSA) is 35.6 Å². The quantitative estimate of drug-likeness (QED) is 0.839. The predicted molar refractivity (Wildman–Crippen MR) is 110 cm³/mol. The highest BCUT2D eigenvalue weighted by atomic mass is 35.5. The van der Waals surface area contributed by atoms with Crippen molar-refractivity contribution in [1.82, 2.24) is 4.90 Å². The molecule has 4 nitrogen and oxygen atoms in total. The van der Waals surface area contributed by atoms with Crippen molar-refractivity contribution in [2.24, 2.45) is 0 Å². The molecule has 1 N–H and O–H groups in total. The van der Waals surface area contributed by atoms with E-state index in [1.807, 2.05) is 0 Å². The first kappa shape index (κ1) is 19.0. The molecule has 1 aliphatic rings. The number of benzene rings is 2. The molecule has 0 unspecified atom stereocenters. The van der Waals surface area contributed by atoms with Gasteiger partial charge in [0, 0.05) is 37.6 Å². The first-order valence-corrected chi connectivity index (χ1v) is 9.48. The Labute approximate surface area is 164 Å². The summed E-state index contributed by atoms with van der Waals surface area (Å²) in [6.45, 7) is 8.25. The number of carbonyl (C=O) groups is 1. The third kappa shape index (κ3) is 4.50. The minimum absolute atomic E-state index is 0.0384. The molecule has 0 radical (unpaired) electrons. The lowest BCUT2D eigenvalue weighted by atomic mass is 10.1. The molecule has 1 saturated heterocycles. The highest BCUT2D eigenvalue weighted by Crippen LogP contribution is 2.25. The lowest BCUT2D eigenvalue weighted by molar-refractivity contribution is -0.117. The number of rotatable bonds is 4. The monoisotopic (exact) mass is 391 g/mol. The Bertz CT molecular complexity index is 802. The van der Waals surface area contributed by atoms with Crippen LogP contribution in [-0.2, 0) is 4.79 Å². The van der Waals surface area contributed by atoms with E-state index in [2.05, 4.69) is 47.2 Å². The van der Waals surface area contributed by atoms with Gasteiger partial charge < -0.3 is 10.2 Å². The van der Waals surface area contributed by atoms with Crippen LogP contribution < -0.4 is 10.2 Å². The molecule has 0 spiro atoms. The Morgan fingerprint density at radius 1 is 1.04 bits per heavy atom. The van der Waals surface area contributed by atoms with Crippen molar-refractivity contribution in [2.75, 3.05) is 42.9 Å². The van der Waals surface area contributed by atoms with Gasteiger partial charge in [0.1, 0.15) is 0 Å². The molecule has 1 amide bonds. The maximum absolute atomic E-state index is 12.3. The van der Waals surface area contributed by atoms with Gasteiger partial charge in [-0.15, -0.1) is 0 Å². The summed E-state index contributed by atoms with van der Waals surface area (Å²) >= 11 is 11.9. The normalized spacial score (nSPS) is 15.2. The van der Waals surface area contributed by atoms with E-state index in [1.165, 1.54) is 16.8 Å². The molecule has 3 rings (SSSR count). The molecule has 1 aliphatic heterocycles. The smallest absolute Gasteiger partial charge is 0.238 e. The maximum Gasteiger partial charge on any atom is 0.238 e. The zero-order valence-electron chi connectivity index (χ0n) is 15.1. The van der Waals surface area contributed by atoms with Crippen molar-refractivity contribution >= 4 is 40.5 Å². The summed E-state index contributed by atoms with van der Waals surface area (Å²) in [6, 6.07) is 11.5. The number of hydrogen-bond donors (Lipinski definition) is 1. The van der Waals surface area contributed by atoms with Crippen molar-refractivity contribution in [3.05, 3.63) is 57.6 Å². The van der Waals surface area contributed by atoms with Crippen LogP contribution in [0.4, 0.5) is 11.4 Å². The Morgan fingerprint density at radius 3 is 2.46 bits per heavy atom. The lowest BCUT2D eigenvalue weighted by Crippen LogP contribution is -2.48. The van der Waals surface area contributed by atoms with E-state index >= 15 is 0 Å². The molecule has 0 saturated carbocycles. The van der Waals surface area contributed by atoms with Crippen LogP contribution in [0.2, 0.25) is 10.0 Å². The second-order valence-corrected chi connectivity index (χ2v) is 7.47. The van der Waals surface area contributed by atoms with Crippen molar-refractivity contribution in [3.8, 4) is 0 Å². The number of halogens is 2. The third-order valence-corrected chi connectivity index (χ3v) is 5.60. The number of amides is 1. The fourth-order valence-electron chi connectivity index (χ4n) is 3.20. The van der Waals surface area contributed by atoms with Crippen LogP contribution in [0.3, 0.4) is 0 Å². The highest BCUT2D eigenvalue weighted by Gasteiger charge is 2.20. The van der Waals surface area contributed by atoms with Gasteiger partial charge in [-0.1, -0.05) is 35.3 Å². The standard InChI is InChI=1S/C20H23Cl2N3O/c1-14-4-3-5-19(15(14)2)25-10-8-24(9-11-25)13-20(26)23-16-6-7-17(21)18(22)12-16/h3-7,12H,8-11,13H2,1-2H3,(H,23,26). The summed E-state index contributed by atoms with van der Waals surface area (Å²) in [7, 11) is 0. The zero-order valence-corrected chi connectivity index (χ0v) is 16.6. The average molecular weight is 392 g/mol. The fourth-order valence-corrected chi connectivity index (χ4v) is 3.50. The minimum Gasteiger partial charge on any atom is -0.369 e. The Kier molecular flexibility index (Phi) is 6.07. The Hall–Kier alpha value is -1.75. The number of carbonyl (C=O) groups excluding carboxylic acids is 1. The van der Waals surface area contributed by atoms with E-state index in [-0.39, 0.29) is 5.91 Å². The number of piperazine rings is 1. The predicted octanol–water partition coefficient (Wildman–Crippen LogP) is 4.37. The molecule has 1 fully saturated rings. The molecule has 6 heteroatoms. The van der Waals surface area contributed by atoms with Crippen molar-refractivity contribution in [3.63, 3.8) is 0 Å². The van der Waals surface area contributed by atoms with Gasteiger partial charge >= 0.3 is 0 Å². The maximum atomic E-state index is 12.3. The number of nitrogens with zero attached hydrogens (tertiary/aromatic N) is 2. The molecule has 0 atom stereocenters. The summed E-state index contributed by atoms with van der Waals surface area (Å²) in [5, 5.41) is 3.80. The van der Waals surface area contributed by atoms with E-state index in [9.17, 15) is 4.79 Å². The molecule has 26 heavy (non-hydrogen) atoms. The van der Waals surface area contributed by atoms with E-state index in [0.717, 1.165) is 26.2 Å². The van der Waals surface area contributed by atoms with E-state index in [0.29, 0.717) is 22.3 Å². The number of aryl methyl sites for hydroxylation is 1. The highest BCUT2D eigenvalue weighted by molar-refractivity contribution is 6.42. The number of nitrogens with one attached hydrogen (secondary N) is 1. The average Bonchev–Trinajstić information content (AvgIpc) is 2.61. The van der Waals surface area contributed by atoms with Gasteiger partial charge in [-0.25, -0.2) is 0 Å². The fraction of sp³-hybridized carbons (Fsp3) is 0.350. The number of hydrogen-bond acceptors (Lipinski definition) is 3. The van der Waals surface area contributed by atoms with Gasteiger partial charge in [-0.2, -0.15) is 0 Å². The summed E-state index contributed by atoms with van der Waals surface area (Å²) < 4.78 is 0. The molecule has 0 aromatic heterocycles. The van der Waals surface area contributed by atoms with Crippen molar-refractivity contribution in [1.29, 1.82) is 0 Å². The molecular formula is C20H23Cl2N3O. The van der Waals surface area contributed by atoms with Crippen LogP contribution in [-0.4, -0.2) is 43.5 Å². The molecule has 138 valence electrons. The van der Waals surface area contributed by atoms with Gasteiger partial charge in [0.15, 0.2) is 0 Å². The largest absolute Gasteiger partial charge is 0.369 e. The zero-order chi connectivity index (χ0) is 18.7. The van der Waals surface area contributed by atoms with Crippen molar-refractivity contribution in [2.45, 2.75) is 13.8 Å². The summed E-state index contributed by atoms with van der Waals surface area (Å²) in [6.07, 6.45) is 0. The minimum atomic E-state index is -0.0384. The Balaban J connectivity index is 1.52. The van der Waals surface area contributed by atoms with E-state index in [4.69, 9.17) is 23.2 Å². The molecular weight excluding hydrogens is 369 g/mol. The third-order valence-electron chi connectivity index (χ3n) is 4.86. The van der Waals surface area contributed by atoms with Crippen LogP contribution in [0, 0.1) is 13.8 Å². The van der Waals surface area contributed by atoms with Crippen LogP contribution >= 0.6 is 23.2 Å². The Morgan fingerprint density at radius 2 is 1.77 bits per heavy atom. The lowest BCUT2D eigenvalue weighted by Gasteiger charge is -2.36. The first-order chi connectivity index (χ1) is 12.4. The van der Waals surface area contributed by atoms with Gasteiger partial charge in [0.25, 0.3) is 0 Å². The van der Waals surface area contributed by atoms with Gasteiger partial charge in [-0.3, -0.25) is 9.69 Å². The molecule has 2 aromatic carbocycles. The summed E-state index contributed by atoms with van der Waals surface area (Å²) in [5.41, 5.74) is 4.60. The molecule has 2 aromatic rings. The van der Waals surface area contributed by atoms with Gasteiger partial charge in [0.05, 0.1) is 16.6 Å².